The molecule has 6 nitrogen and oxygen atoms in total. The lowest BCUT2D eigenvalue weighted by Gasteiger charge is -2.30. The van der Waals surface area contributed by atoms with Crippen LogP contribution < -0.4 is 5.73 Å². The first-order valence-electron chi connectivity index (χ1n) is 8.22. The third kappa shape index (κ3) is 4.09. The molecule has 0 spiro atoms. The maximum atomic E-state index is 13.1. The number of nitrogens with two attached hydrogens (primary N) is 1. The van der Waals surface area contributed by atoms with Gasteiger partial charge in [0.2, 0.25) is 5.91 Å². The Morgan fingerprint density at radius 3 is 2.60 bits per heavy atom. The van der Waals surface area contributed by atoms with Gasteiger partial charge in [-0.1, -0.05) is 42.1 Å². The molecule has 0 radical (unpaired) electrons. The second-order valence-electron chi connectivity index (χ2n) is 5.86. The van der Waals surface area contributed by atoms with E-state index in [1.807, 2.05) is 41.3 Å². The Balaban J connectivity index is 1.87. The molecule has 0 saturated carbocycles. The maximum Gasteiger partial charge on any atom is 0.240 e. The van der Waals surface area contributed by atoms with Crippen LogP contribution in [0, 0.1) is 11.3 Å². The summed E-state index contributed by atoms with van der Waals surface area (Å²) in [6.07, 6.45) is 4.65. The molecule has 1 atom stereocenters. The smallest absolute Gasteiger partial charge is 0.240 e. The Morgan fingerprint density at radius 2 is 1.96 bits per heavy atom. The number of thioether (sulfide) groups is 1. The van der Waals surface area contributed by atoms with Crippen LogP contribution in [0.2, 0.25) is 0 Å². The number of aromatic nitrogens is 2. The van der Waals surface area contributed by atoms with Gasteiger partial charge in [-0.2, -0.15) is 5.26 Å². The zero-order valence-electron chi connectivity index (χ0n) is 13.8. The first kappa shape index (κ1) is 17.2. The van der Waals surface area contributed by atoms with Crippen LogP contribution in [0.15, 0.2) is 41.7 Å². The van der Waals surface area contributed by atoms with Gasteiger partial charge < -0.3 is 10.6 Å². The molecule has 25 heavy (non-hydrogen) atoms. The number of amides is 1. The van der Waals surface area contributed by atoms with E-state index in [4.69, 9.17) is 11.0 Å². The lowest BCUT2D eigenvalue weighted by Crippen LogP contribution is -2.38. The van der Waals surface area contributed by atoms with Crippen molar-refractivity contribution < 1.29 is 4.79 Å². The predicted molar refractivity (Wildman–Crippen MR) is 96.6 cm³/mol. The number of carbonyl (C=O) groups excluding carboxylic acids is 1. The first-order valence-corrected chi connectivity index (χ1v) is 9.10. The van der Waals surface area contributed by atoms with Crippen molar-refractivity contribution >= 4 is 23.5 Å². The van der Waals surface area contributed by atoms with Crippen molar-refractivity contribution in [1.29, 1.82) is 5.26 Å². The molecule has 2 heterocycles. The number of nitrogens with zero attached hydrogens (tertiary/aromatic N) is 4. The molecule has 1 amide bonds. The molecule has 2 N–H and O–H groups in total. The predicted octanol–water partition coefficient (Wildman–Crippen LogP) is 2.78. The van der Waals surface area contributed by atoms with Crippen molar-refractivity contribution in [3.05, 3.63) is 47.7 Å². The van der Waals surface area contributed by atoms with E-state index in [9.17, 15) is 4.79 Å². The molecule has 1 fully saturated rings. The van der Waals surface area contributed by atoms with Crippen molar-refractivity contribution in [3.63, 3.8) is 0 Å². The van der Waals surface area contributed by atoms with Gasteiger partial charge in [0.25, 0.3) is 0 Å². The van der Waals surface area contributed by atoms with Gasteiger partial charge >= 0.3 is 0 Å². The molecule has 1 aliphatic heterocycles. The van der Waals surface area contributed by atoms with Crippen molar-refractivity contribution in [2.45, 2.75) is 29.7 Å². The van der Waals surface area contributed by atoms with Gasteiger partial charge in [0, 0.05) is 13.1 Å². The van der Waals surface area contributed by atoms with Crippen LogP contribution in [0.1, 0.15) is 35.6 Å². The van der Waals surface area contributed by atoms with Crippen molar-refractivity contribution in [1.82, 2.24) is 14.9 Å². The number of carbonyl (C=O) groups is 1. The molecule has 1 aromatic heterocycles. The van der Waals surface area contributed by atoms with Gasteiger partial charge in [-0.25, -0.2) is 9.97 Å². The third-order valence-corrected chi connectivity index (χ3v) is 5.25. The summed E-state index contributed by atoms with van der Waals surface area (Å²) in [4.78, 5) is 23.3. The van der Waals surface area contributed by atoms with E-state index in [1.165, 1.54) is 24.4 Å². The summed E-state index contributed by atoms with van der Waals surface area (Å²) < 4.78 is 0. The Bertz CT molecular complexity index is 784. The van der Waals surface area contributed by atoms with E-state index in [2.05, 4.69) is 9.97 Å². The largest absolute Gasteiger partial charge is 0.382 e. The highest BCUT2D eigenvalue weighted by Crippen LogP contribution is 2.36. The number of nitriles is 1. The third-order valence-electron chi connectivity index (χ3n) is 4.13. The molecule has 1 aliphatic rings. The average molecular weight is 353 g/mol. The summed E-state index contributed by atoms with van der Waals surface area (Å²) in [5, 5.41) is 8.92. The number of hydrogen-bond donors (Lipinski definition) is 1. The van der Waals surface area contributed by atoms with E-state index >= 15 is 0 Å². The van der Waals surface area contributed by atoms with Crippen LogP contribution >= 0.6 is 11.8 Å². The van der Waals surface area contributed by atoms with Gasteiger partial charge in [0.15, 0.2) is 5.16 Å². The maximum absolute atomic E-state index is 13.1. The van der Waals surface area contributed by atoms with Gasteiger partial charge in [-0.15, -0.1) is 0 Å². The standard InChI is InChI=1S/C18H19N5OS/c19-11-14-12-21-18(22-16(14)20)25-15(13-7-3-1-4-8-13)17(24)23-9-5-2-6-10-23/h1,3-4,7-8,12,15H,2,5-6,9-10H2,(H2,20,21,22). The van der Waals surface area contributed by atoms with Gasteiger partial charge in [0.1, 0.15) is 22.7 Å². The Kier molecular flexibility index (Phi) is 5.51. The Labute approximate surface area is 151 Å². The zero-order valence-corrected chi connectivity index (χ0v) is 14.6. The quantitative estimate of drug-likeness (QED) is 0.671. The van der Waals surface area contributed by atoms with Crippen molar-refractivity contribution in [2.24, 2.45) is 0 Å². The molecule has 0 bridgehead atoms. The molecule has 1 aromatic carbocycles. The second-order valence-corrected chi connectivity index (χ2v) is 6.93. The summed E-state index contributed by atoms with van der Waals surface area (Å²) in [6.45, 7) is 1.58. The van der Waals surface area contributed by atoms with Gasteiger partial charge in [-0.05, 0) is 24.8 Å². The normalized spacial score (nSPS) is 15.4. The molecule has 3 rings (SSSR count). The summed E-state index contributed by atoms with van der Waals surface area (Å²) >= 11 is 1.27. The van der Waals surface area contributed by atoms with E-state index < -0.39 is 5.25 Å². The number of hydrogen-bond acceptors (Lipinski definition) is 6. The van der Waals surface area contributed by atoms with Crippen LogP contribution in [0.4, 0.5) is 5.82 Å². The number of benzene rings is 1. The average Bonchev–Trinajstić information content (AvgIpc) is 2.67. The van der Waals surface area contributed by atoms with E-state index in [1.54, 1.807) is 0 Å². The minimum atomic E-state index is -0.424. The van der Waals surface area contributed by atoms with E-state index in [-0.39, 0.29) is 17.3 Å². The van der Waals surface area contributed by atoms with E-state index in [0.717, 1.165) is 31.5 Å². The van der Waals surface area contributed by atoms with E-state index in [0.29, 0.717) is 5.16 Å². The number of likely N-dealkylation sites (tertiary alicyclic amines) is 1. The summed E-state index contributed by atoms with van der Waals surface area (Å²) in [5.41, 5.74) is 6.93. The number of piperidine rings is 1. The molecular weight excluding hydrogens is 334 g/mol. The fourth-order valence-corrected chi connectivity index (χ4v) is 3.81. The minimum Gasteiger partial charge on any atom is -0.382 e. The monoisotopic (exact) mass is 353 g/mol. The van der Waals surface area contributed by atoms with Crippen LogP contribution in [0.5, 0.6) is 0 Å². The summed E-state index contributed by atoms with van der Waals surface area (Å²) in [5.74, 6) is 0.208. The van der Waals surface area contributed by atoms with Gasteiger partial charge in [-0.3, -0.25) is 4.79 Å². The lowest BCUT2D eigenvalue weighted by atomic mass is 10.1. The van der Waals surface area contributed by atoms with Crippen molar-refractivity contribution in [3.8, 4) is 6.07 Å². The fraction of sp³-hybridized carbons (Fsp3) is 0.333. The highest BCUT2D eigenvalue weighted by molar-refractivity contribution is 8.00. The number of anilines is 1. The first-order chi connectivity index (χ1) is 12.2. The van der Waals surface area contributed by atoms with Crippen LogP contribution in [-0.4, -0.2) is 33.9 Å². The number of rotatable bonds is 4. The van der Waals surface area contributed by atoms with Crippen LogP contribution in [-0.2, 0) is 4.79 Å². The zero-order chi connectivity index (χ0) is 17.6. The van der Waals surface area contributed by atoms with Crippen LogP contribution in [0.25, 0.3) is 0 Å². The molecule has 1 unspecified atom stereocenters. The fourth-order valence-electron chi connectivity index (χ4n) is 2.80. The Morgan fingerprint density at radius 1 is 1.24 bits per heavy atom. The summed E-state index contributed by atoms with van der Waals surface area (Å²) in [6, 6.07) is 11.6. The van der Waals surface area contributed by atoms with Crippen LogP contribution in [0.3, 0.4) is 0 Å². The lowest BCUT2D eigenvalue weighted by molar-refractivity contribution is -0.131. The molecular formula is C18H19N5OS. The molecule has 1 saturated heterocycles. The second kappa shape index (κ2) is 7.99. The molecule has 2 aromatic rings. The molecule has 0 aliphatic carbocycles. The molecule has 7 heteroatoms. The number of nitrogen functional groups attached to an aromatic ring is 1. The summed E-state index contributed by atoms with van der Waals surface area (Å²) in [7, 11) is 0. The minimum absolute atomic E-state index is 0.0717. The topological polar surface area (TPSA) is 95.9 Å². The SMILES string of the molecule is N#Cc1cnc(SC(C(=O)N2CCCCC2)c2ccccc2)nc1N. The molecule has 128 valence electrons. The van der Waals surface area contributed by atoms with Gasteiger partial charge in [0.05, 0.1) is 6.20 Å². The Hall–Kier alpha value is -2.59. The highest BCUT2D eigenvalue weighted by atomic mass is 32.2. The van der Waals surface area contributed by atoms with Crippen molar-refractivity contribution in [2.75, 3.05) is 18.8 Å². The highest BCUT2D eigenvalue weighted by Gasteiger charge is 2.29.